The zero-order valence-electron chi connectivity index (χ0n) is 16.5. The highest BCUT2D eigenvalue weighted by atomic mass is 35.5. The van der Waals surface area contributed by atoms with Crippen molar-refractivity contribution in [2.75, 3.05) is 13.6 Å². The number of ether oxygens (including phenoxy) is 1. The smallest absolute Gasteiger partial charge is 0.173 e. The van der Waals surface area contributed by atoms with E-state index in [2.05, 4.69) is 17.0 Å². The number of rotatable bonds is 5. The molecule has 1 saturated carbocycles. The van der Waals surface area contributed by atoms with E-state index in [-0.39, 0.29) is 23.7 Å². The molecule has 1 aliphatic heterocycles. The minimum atomic E-state index is -0.465. The number of benzene rings is 2. The van der Waals surface area contributed by atoms with Crippen molar-refractivity contribution in [3.05, 3.63) is 77.0 Å². The molecule has 0 saturated heterocycles. The van der Waals surface area contributed by atoms with Gasteiger partial charge in [0, 0.05) is 24.0 Å². The van der Waals surface area contributed by atoms with Crippen LogP contribution in [0.3, 0.4) is 0 Å². The van der Waals surface area contributed by atoms with Crippen molar-refractivity contribution >= 4 is 23.0 Å². The fourth-order valence-corrected chi connectivity index (χ4v) is 4.64. The summed E-state index contributed by atoms with van der Waals surface area (Å²) in [4.78, 5) is 15.4. The molecule has 1 N–H and O–H groups in total. The molecule has 2 aromatic rings. The molecule has 0 radical (unpaired) electrons. The second-order valence-electron chi connectivity index (χ2n) is 8.10. The largest absolute Gasteiger partial charge is 0.496 e. The van der Waals surface area contributed by atoms with Crippen LogP contribution < -0.4 is 0 Å². The Morgan fingerprint density at radius 2 is 1.83 bits per heavy atom. The first-order chi connectivity index (χ1) is 14.0. The summed E-state index contributed by atoms with van der Waals surface area (Å²) in [7, 11) is 2.04. The van der Waals surface area contributed by atoms with Gasteiger partial charge in [0.25, 0.3) is 0 Å². The van der Waals surface area contributed by atoms with Crippen LogP contribution in [-0.2, 0) is 16.1 Å². The average molecular weight is 412 g/mol. The van der Waals surface area contributed by atoms with Gasteiger partial charge in [0.05, 0.1) is 23.9 Å². The predicted octanol–water partition coefficient (Wildman–Crippen LogP) is 4.17. The Morgan fingerprint density at radius 1 is 1.10 bits per heavy atom. The normalized spacial score (nSPS) is 26.6. The van der Waals surface area contributed by atoms with Gasteiger partial charge in [0.15, 0.2) is 5.78 Å². The van der Waals surface area contributed by atoms with Gasteiger partial charge in [-0.25, -0.2) is 0 Å². The summed E-state index contributed by atoms with van der Waals surface area (Å²) in [5.74, 6) is -0.218. The Kier molecular flexibility index (Phi) is 6.04. The summed E-state index contributed by atoms with van der Waals surface area (Å²) in [6.45, 7) is 1.47. The summed E-state index contributed by atoms with van der Waals surface area (Å²) >= 11 is 5.97. The zero-order chi connectivity index (χ0) is 20.4. The third-order valence-electron chi connectivity index (χ3n) is 6.00. The minimum absolute atomic E-state index is 0.102. The summed E-state index contributed by atoms with van der Waals surface area (Å²) in [5, 5.41) is 11.3. The molecule has 0 spiro atoms. The lowest BCUT2D eigenvalue weighted by Gasteiger charge is -2.43. The summed E-state index contributed by atoms with van der Waals surface area (Å²) in [6, 6.07) is 17.5. The number of nitrogens with zero attached hydrogens (tertiary/aromatic N) is 1. The number of fused-ring (bicyclic) bond motifs is 1. The molecule has 4 rings (SSSR count). The number of hydrogen-bond donors (Lipinski definition) is 1. The second-order valence-corrected chi connectivity index (χ2v) is 8.54. The van der Waals surface area contributed by atoms with Crippen molar-refractivity contribution in [2.24, 2.45) is 11.8 Å². The Morgan fingerprint density at radius 3 is 2.55 bits per heavy atom. The molecule has 4 nitrogen and oxygen atoms in total. The van der Waals surface area contributed by atoms with Gasteiger partial charge in [-0.05, 0) is 43.1 Å². The Hall–Kier alpha value is -2.14. The van der Waals surface area contributed by atoms with E-state index in [1.165, 1.54) is 5.56 Å². The van der Waals surface area contributed by atoms with Gasteiger partial charge in [-0.1, -0.05) is 54.1 Å². The number of aliphatic hydroxyl groups excluding tert-OH is 1. The van der Waals surface area contributed by atoms with E-state index in [1.807, 2.05) is 37.4 Å². The van der Waals surface area contributed by atoms with E-state index in [4.69, 9.17) is 16.3 Å². The lowest BCUT2D eigenvalue weighted by atomic mass is 9.72. The van der Waals surface area contributed by atoms with Crippen LogP contribution in [0.5, 0.6) is 0 Å². The molecular weight excluding hydrogens is 386 g/mol. The van der Waals surface area contributed by atoms with E-state index in [9.17, 15) is 9.90 Å². The van der Waals surface area contributed by atoms with E-state index in [0.29, 0.717) is 30.0 Å². The molecule has 0 bridgehead atoms. The maximum absolute atomic E-state index is 13.2. The lowest BCUT2D eigenvalue weighted by Crippen LogP contribution is -2.51. The second kappa shape index (κ2) is 8.70. The van der Waals surface area contributed by atoms with Crippen molar-refractivity contribution < 1.29 is 14.6 Å². The van der Waals surface area contributed by atoms with Gasteiger partial charge < -0.3 is 14.7 Å². The minimum Gasteiger partial charge on any atom is -0.496 e. The molecule has 1 aliphatic carbocycles. The predicted molar refractivity (Wildman–Crippen MR) is 114 cm³/mol. The SMILES string of the molecule is CN(Cc1ccccc1)CC1C(O)CCC2C(=O)C(c3ccc(Cl)cc3)=COC21. The molecule has 1 fully saturated rings. The topological polar surface area (TPSA) is 49.8 Å². The fourth-order valence-electron chi connectivity index (χ4n) is 4.51. The van der Waals surface area contributed by atoms with Crippen molar-refractivity contribution in [2.45, 2.75) is 31.6 Å². The number of allylic oxidation sites excluding steroid dienone is 1. The average Bonchev–Trinajstić information content (AvgIpc) is 2.72. The lowest BCUT2D eigenvalue weighted by molar-refractivity contribution is -0.133. The molecule has 2 aliphatic rings. The number of aliphatic hydroxyl groups is 1. The molecule has 1 heterocycles. The first-order valence-electron chi connectivity index (χ1n) is 10.1. The van der Waals surface area contributed by atoms with Gasteiger partial charge in [-0.2, -0.15) is 0 Å². The fraction of sp³-hybridized carbons (Fsp3) is 0.375. The van der Waals surface area contributed by atoms with Gasteiger partial charge in [-0.15, -0.1) is 0 Å². The molecule has 0 amide bonds. The maximum Gasteiger partial charge on any atom is 0.173 e. The van der Waals surface area contributed by atoms with Crippen molar-refractivity contribution in [3.8, 4) is 0 Å². The number of carbonyl (C=O) groups excluding carboxylic acids is 1. The first kappa shape index (κ1) is 20.1. The molecule has 152 valence electrons. The van der Waals surface area contributed by atoms with Crippen LogP contribution in [0.4, 0.5) is 0 Å². The van der Waals surface area contributed by atoms with Crippen LogP contribution in [0.1, 0.15) is 24.0 Å². The number of hydrogen-bond acceptors (Lipinski definition) is 4. The van der Waals surface area contributed by atoms with E-state index >= 15 is 0 Å². The van der Waals surface area contributed by atoms with Crippen LogP contribution >= 0.6 is 11.6 Å². The molecular formula is C24H26ClNO3. The Labute approximate surface area is 176 Å². The highest BCUT2D eigenvalue weighted by Crippen LogP contribution is 2.39. The van der Waals surface area contributed by atoms with Crippen LogP contribution in [-0.4, -0.2) is 41.6 Å². The van der Waals surface area contributed by atoms with E-state index < -0.39 is 6.10 Å². The number of ketones is 1. The van der Waals surface area contributed by atoms with Gasteiger partial charge in [-0.3, -0.25) is 4.79 Å². The molecule has 29 heavy (non-hydrogen) atoms. The van der Waals surface area contributed by atoms with Crippen molar-refractivity contribution in [1.29, 1.82) is 0 Å². The first-order valence-corrected chi connectivity index (χ1v) is 10.5. The molecule has 5 heteroatoms. The summed E-state index contributed by atoms with van der Waals surface area (Å²) in [5.41, 5.74) is 2.64. The van der Waals surface area contributed by atoms with E-state index in [1.54, 1.807) is 18.4 Å². The number of Topliss-reactive ketones (excluding diaryl/α,β-unsaturated/α-hetero) is 1. The molecule has 2 aromatic carbocycles. The zero-order valence-corrected chi connectivity index (χ0v) is 17.3. The van der Waals surface area contributed by atoms with E-state index in [0.717, 1.165) is 12.1 Å². The van der Waals surface area contributed by atoms with Crippen molar-refractivity contribution in [3.63, 3.8) is 0 Å². The monoisotopic (exact) mass is 411 g/mol. The van der Waals surface area contributed by atoms with Gasteiger partial charge in [0.1, 0.15) is 6.10 Å². The highest BCUT2D eigenvalue weighted by Gasteiger charge is 2.46. The molecule has 4 unspecified atom stereocenters. The number of carbonyl (C=O) groups is 1. The van der Waals surface area contributed by atoms with Gasteiger partial charge >= 0.3 is 0 Å². The molecule has 0 aromatic heterocycles. The Bertz CT molecular complexity index is 881. The standard InChI is InChI=1S/C24H26ClNO3/c1-26(13-16-5-3-2-4-6-16)14-20-22(27)12-11-19-23(28)21(15-29-24(19)20)17-7-9-18(25)10-8-17/h2-10,15,19-20,22,24,27H,11-14H2,1H3. The van der Waals surface area contributed by atoms with Gasteiger partial charge in [0.2, 0.25) is 0 Å². The van der Waals surface area contributed by atoms with Crippen molar-refractivity contribution in [1.82, 2.24) is 4.90 Å². The van der Waals surface area contributed by atoms with Crippen LogP contribution in [0, 0.1) is 11.8 Å². The third kappa shape index (κ3) is 4.40. The maximum atomic E-state index is 13.2. The molecule has 4 atom stereocenters. The summed E-state index contributed by atoms with van der Waals surface area (Å²) < 4.78 is 6.08. The third-order valence-corrected chi connectivity index (χ3v) is 6.26. The quantitative estimate of drug-likeness (QED) is 0.802. The van der Waals surface area contributed by atoms with Crippen LogP contribution in [0.15, 0.2) is 60.9 Å². The van der Waals surface area contributed by atoms with Crippen LogP contribution in [0.2, 0.25) is 5.02 Å². The highest BCUT2D eigenvalue weighted by molar-refractivity contribution is 6.30. The summed E-state index contributed by atoms with van der Waals surface area (Å²) in [6.07, 6.45) is 2.09. The Balaban J connectivity index is 1.50. The van der Waals surface area contributed by atoms with Crippen LogP contribution in [0.25, 0.3) is 5.57 Å². The number of halogens is 1.